The number of imide groups is 1. The Kier molecular flexibility index (Phi) is 5.49. The van der Waals surface area contributed by atoms with Crippen molar-refractivity contribution in [3.63, 3.8) is 0 Å². The standard InChI is InChI=1S/C20H21N3O5S2/c21-30(27,28)15-7-5-14(6-8-15)23-19(25)17(16-4-2-10-29-16)18(20(23)26)22-9-1-3-13(11-22)12-24/h2,4-8,10,13,24H,1,3,9,11-12H2,(H2,21,27,28). The van der Waals surface area contributed by atoms with Crippen molar-refractivity contribution >= 4 is 44.4 Å². The minimum atomic E-state index is -3.88. The number of carbonyl (C=O) groups excluding carboxylic acids is 2. The van der Waals surface area contributed by atoms with E-state index in [0.29, 0.717) is 29.2 Å². The number of hydrogen-bond donors (Lipinski definition) is 2. The van der Waals surface area contributed by atoms with E-state index in [1.165, 1.54) is 35.6 Å². The number of aliphatic hydroxyl groups is 1. The van der Waals surface area contributed by atoms with Gasteiger partial charge in [-0.3, -0.25) is 9.59 Å². The number of likely N-dealkylation sites (tertiary alicyclic amines) is 1. The summed E-state index contributed by atoms with van der Waals surface area (Å²) in [5.41, 5.74) is 0.942. The predicted molar refractivity (Wildman–Crippen MR) is 113 cm³/mol. The second kappa shape index (κ2) is 7.95. The Morgan fingerprint density at radius 2 is 1.87 bits per heavy atom. The highest BCUT2D eigenvalue weighted by Gasteiger charge is 2.43. The molecule has 2 aliphatic heterocycles. The van der Waals surface area contributed by atoms with Crippen molar-refractivity contribution in [2.45, 2.75) is 17.7 Å². The van der Waals surface area contributed by atoms with Crippen molar-refractivity contribution in [2.24, 2.45) is 11.1 Å². The van der Waals surface area contributed by atoms with Crippen LogP contribution in [0.15, 0.2) is 52.4 Å². The largest absolute Gasteiger partial charge is 0.396 e. The summed E-state index contributed by atoms with van der Waals surface area (Å²) in [6.07, 6.45) is 1.69. The van der Waals surface area contributed by atoms with Crippen molar-refractivity contribution in [1.82, 2.24) is 4.90 Å². The molecule has 3 N–H and O–H groups in total. The quantitative estimate of drug-likeness (QED) is 0.668. The van der Waals surface area contributed by atoms with E-state index in [0.717, 1.165) is 17.7 Å². The number of carbonyl (C=O) groups is 2. The number of rotatable bonds is 5. The molecule has 1 atom stereocenters. The molecule has 10 heteroatoms. The molecule has 1 saturated heterocycles. The number of piperidine rings is 1. The zero-order valence-corrected chi connectivity index (χ0v) is 17.7. The SMILES string of the molecule is NS(=O)(=O)c1ccc(N2C(=O)C(c3cccs3)=C(N3CCCC(CO)C3)C2=O)cc1. The number of thiophene rings is 1. The van der Waals surface area contributed by atoms with Gasteiger partial charge in [-0.2, -0.15) is 0 Å². The van der Waals surface area contributed by atoms with Gasteiger partial charge in [-0.05, 0) is 54.5 Å². The average Bonchev–Trinajstić information content (AvgIpc) is 3.33. The molecule has 1 aromatic carbocycles. The first-order valence-electron chi connectivity index (χ1n) is 9.47. The Labute approximate surface area is 178 Å². The van der Waals surface area contributed by atoms with Gasteiger partial charge in [-0.15, -0.1) is 11.3 Å². The first kappa shape index (κ1) is 20.7. The second-order valence-electron chi connectivity index (χ2n) is 7.32. The molecular formula is C20H21N3O5S2. The number of primary sulfonamides is 1. The lowest BCUT2D eigenvalue weighted by atomic mass is 9.98. The molecule has 0 saturated carbocycles. The first-order chi connectivity index (χ1) is 14.3. The second-order valence-corrected chi connectivity index (χ2v) is 9.83. The molecule has 1 aromatic heterocycles. The molecule has 0 radical (unpaired) electrons. The average molecular weight is 448 g/mol. The third kappa shape index (κ3) is 3.67. The Morgan fingerprint density at radius 3 is 2.47 bits per heavy atom. The predicted octanol–water partition coefficient (Wildman–Crippen LogP) is 1.38. The number of benzene rings is 1. The third-order valence-electron chi connectivity index (χ3n) is 5.34. The van der Waals surface area contributed by atoms with Gasteiger partial charge in [-0.1, -0.05) is 6.07 Å². The summed E-state index contributed by atoms with van der Waals surface area (Å²) >= 11 is 1.37. The maximum Gasteiger partial charge on any atom is 0.282 e. The normalized spacial score (nSPS) is 20.4. The lowest BCUT2D eigenvalue weighted by Crippen LogP contribution is -2.40. The maximum absolute atomic E-state index is 13.4. The van der Waals surface area contributed by atoms with Crippen LogP contribution in [-0.2, 0) is 19.6 Å². The Bertz CT molecular complexity index is 1110. The highest BCUT2D eigenvalue weighted by atomic mass is 32.2. The van der Waals surface area contributed by atoms with Gasteiger partial charge in [0, 0.05) is 24.6 Å². The molecule has 0 bridgehead atoms. The van der Waals surface area contributed by atoms with Gasteiger partial charge < -0.3 is 10.0 Å². The lowest BCUT2D eigenvalue weighted by molar-refractivity contribution is -0.120. The fraction of sp³-hybridized carbons (Fsp3) is 0.300. The molecule has 0 spiro atoms. The van der Waals surface area contributed by atoms with Crippen molar-refractivity contribution in [3.8, 4) is 0 Å². The summed E-state index contributed by atoms with van der Waals surface area (Å²) in [5, 5.41) is 16.6. The van der Waals surface area contributed by atoms with E-state index in [1.807, 2.05) is 16.3 Å². The van der Waals surface area contributed by atoms with Crippen LogP contribution in [0.4, 0.5) is 5.69 Å². The number of sulfonamides is 1. The van der Waals surface area contributed by atoms with Gasteiger partial charge in [0.15, 0.2) is 0 Å². The third-order valence-corrected chi connectivity index (χ3v) is 7.16. The Hall–Kier alpha value is -2.53. The molecule has 0 aliphatic carbocycles. The summed E-state index contributed by atoms with van der Waals surface area (Å²) in [5.74, 6) is -0.862. The number of amides is 2. The summed E-state index contributed by atoms with van der Waals surface area (Å²) in [7, 11) is -3.88. The van der Waals surface area contributed by atoms with E-state index >= 15 is 0 Å². The van der Waals surface area contributed by atoms with Gasteiger partial charge in [0.2, 0.25) is 10.0 Å². The van der Waals surface area contributed by atoms with E-state index in [-0.39, 0.29) is 23.1 Å². The molecule has 30 heavy (non-hydrogen) atoms. The Morgan fingerprint density at radius 1 is 1.13 bits per heavy atom. The minimum Gasteiger partial charge on any atom is -0.396 e. The van der Waals surface area contributed by atoms with Crippen molar-refractivity contribution in [3.05, 3.63) is 52.4 Å². The maximum atomic E-state index is 13.4. The van der Waals surface area contributed by atoms with Crippen LogP contribution in [0.1, 0.15) is 17.7 Å². The summed E-state index contributed by atoms with van der Waals surface area (Å²) in [6, 6.07) is 8.97. The molecular weight excluding hydrogens is 426 g/mol. The summed E-state index contributed by atoms with van der Waals surface area (Å²) < 4.78 is 23.0. The molecule has 3 heterocycles. The molecule has 4 rings (SSSR count). The van der Waals surface area contributed by atoms with Gasteiger partial charge in [0.25, 0.3) is 11.8 Å². The number of hydrogen-bond acceptors (Lipinski definition) is 7. The van der Waals surface area contributed by atoms with Crippen molar-refractivity contribution in [2.75, 3.05) is 24.6 Å². The van der Waals surface area contributed by atoms with E-state index in [2.05, 4.69) is 0 Å². The summed E-state index contributed by atoms with van der Waals surface area (Å²) in [6.45, 7) is 1.15. The number of anilines is 1. The van der Waals surface area contributed by atoms with Crippen LogP contribution in [0.2, 0.25) is 0 Å². The molecule has 2 aliphatic rings. The smallest absolute Gasteiger partial charge is 0.282 e. The fourth-order valence-corrected chi connectivity index (χ4v) is 5.17. The minimum absolute atomic E-state index is 0.0268. The van der Waals surface area contributed by atoms with E-state index in [4.69, 9.17) is 5.14 Å². The van der Waals surface area contributed by atoms with Crippen LogP contribution >= 0.6 is 11.3 Å². The van der Waals surface area contributed by atoms with Crippen molar-refractivity contribution < 1.29 is 23.1 Å². The van der Waals surface area contributed by atoms with Crippen LogP contribution in [-0.4, -0.2) is 49.9 Å². The van der Waals surface area contributed by atoms with Crippen LogP contribution in [0.25, 0.3) is 5.57 Å². The lowest BCUT2D eigenvalue weighted by Gasteiger charge is -2.34. The van der Waals surface area contributed by atoms with Gasteiger partial charge in [0.1, 0.15) is 5.70 Å². The highest BCUT2D eigenvalue weighted by molar-refractivity contribution is 7.89. The molecule has 1 unspecified atom stereocenters. The molecule has 2 amide bonds. The monoisotopic (exact) mass is 447 g/mol. The van der Waals surface area contributed by atoms with Gasteiger partial charge in [0.05, 0.1) is 16.2 Å². The van der Waals surface area contributed by atoms with E-state index in [9.17, 15) is 23.1 Å². The van der Waals surface area contributed by atoms with Crippen LogP contribution in [0.5, 0.6) is 0 Å². The number of nitrogens with zero attached hydrogens (tertiary/aromatic N) is 2. The number of nitrogens with two attached hydrogens (primary N) is 1. The summed E-state index contributed by atoms with van der Waals surface area (Å²) in [4.78, 5) is 30.3. The van der Waals surface area contributed by atoms with Gasteiger partial charge in [-0.25, -0.2) is 18.5 Å². The Balaban J connectivity index is 1.75. The van der Waals surface area contributed by atoms with Crippen LogP contribution in [0, 0.1) is 5.92 Å². The molecule has 8 nitrogen and oxygen atoms in total. The number of aliphatic hydroxyl groups excluding tert-OH is 1. The molecule has 1 fully saturated rings. The fourth-order valence-electron chi connectivity index (χ4n) is 3.89. The highest BCUT2D eigenvalue weighted by Crippen LogP contribution is 2.38. The first-order valence-corrected chi connectivity index (χ1v) is 11.9. The molecule has 2 aromatic rings. The van der Waals surface area contributed by atoms with Crippen molar-refractivity contribution in [1.29, 1.82) is 0 Å². The van der Waals surface area contributed by atoms with Crippen LogP contribution in [0.3, 0.4) is 0 Å². The van der Waals surface area contributed by atoms with E-state index in [1.54, 1.807) is 6.07 Å². The van der Waals surface area contributed by atoms with E-state index < -0.39 is 21.8 Å². The van der Waals surface area contributed by atoms with Crippen LogP contribution < -0.4 is 10.0 Å². The van der Waals surface area contributed by atoms with Gasteiger partial charge >= 0.3 is 0 Å². The topological polar surface area (TPSA) is 121 Å². The molecule has 158 valence electrons. The zero-order valence-electron chi connectivity index (χ0n) is 16.0. The zero-order chi connectivity index (χ0) is 21.5.